The first-order chi connectivity index (χ1) is 18.5. The highest BCUT2D eigenvalue weighted by Crippen LogP contribution is 2.33. The number of anilines is 2. The Hall–Kier alpha value is -4.25. The molecular formula is C28H25F2N3O5S. The largest absolute Gasteiger partial charge is 0.440 e. The molecule has 1 aliphatic heterocycles. The van der Waals surface area contributed by atoms with E-state index in [9.17, 15) is 26.8 Å². The topological polar surface area (TPSA) is 109 Å². The molecule has 39 heavy (non-hydrogen) atoms. The number of hydrogen-bond acceptors (Lipinski definition) is 7. The Morgan fingerprint density at radius 3 is 2.31 bits per heavy atom. The summed E-state index contributed by atoms with van der Waals surface area (Å²) in [5.41, 5.74) is 4.02. The number of hydrogen-bond donors (Lipinski definition) is 2. The van der Waals surface area contributed by atoms with Gasteiger partial charge in [0, 0.05) is 30.4 Å². The third-order valence-corrected chi connectivity index (χ3v) is 7.56. The highest BCUT2D eigenvalue weighted by molar-refractivity contribution is 7.90. The van der Waals surface area contributed by atoms with Crippen molar-refractivity contribution < 1.29 is 26.4 Å². The van der Waals surface area contributed by atoms with Gasteiger partial charge < -0.3 is 14.6 Å². The highest BCUT2D eigenvalue weighted by atomic mass is 32.2. The zero-order valence-corrected chi connectivity index (χ0v) is 21.9. The van der Waals surface area contributed by atoms with Gasteiger partial charge in [-0.25, -0.2) is 13.1 Å². The molecule has 1 amide bonds. The van der Waals surface area contributed by atoms with Gasteiger partial charge in [0.1, 0.15) is 5.58 Å². The van der Waals surface area contributed by atoms with E-state index in [1.165, 1.54) is 29.0 Å². The zero-order chi connectivity index (χ0) is 27.9. The summed E-state index contributed by atoms with van der Waals surface area (Å²) in [5, 5.41) is 3.54. The van der Waals surface area contributed by atoms with Gasteiger partial charge in [-0.3, -0.25) is 9.59 Å². The number of carbonyl (C=O) groups is 1. The van der Waals surface area contributed by atoms with Crippen molar-refractivity contribution in [3.05, 3.63) is 105 Å². The molecule has 0 unspecified atom stereocenters. The average Bonchev–Trinajstić information content (AvgIpc) is 3.33. The van der Waals surface area contributed by atoms with Crippen LogP contribution in [0.5, 0.6) is 0 Å². The van der Waals surface area contributed by atoms with Crippen molar-refractivity contribution in [1.82, 2.24) is 4.72 Å². The molecule has 8 nitrogen and oxygen atoms in total. The second kappa shape index (κ2) is 10.1. The number of nitrogens with one attached hydrogen (secondary N) is 2. The van der Waals surface area contributed by atoms with Crippen LogP contribution >= 0.6 is 0 Å². The number of carbonyl (C=O) groups excluding carboxylic acids is 1. The fourth-order valence-electron chi connectivity index (χ4n) is 4.74. The Kier molecular flexibility index (Phi) is 6.85. The van der Waals surface area contributed by atoms with Crippen LogP contribution in [0, 0.1) is 6.92 Å². The summed E-state index contributed by atoms with van der Waals surface area (Å²) in [6, 6.07) is 18.5. The van der Waals surface area contributed by atoms with E-state index in [4.69, 9.17) is 4.42 Å². The highest BCUT2D eigenvalue weighted by Gasteiger charge is 2.28. The maximum absolute atomic E-state index is 13.2. The van der Waals surface area contributed by atoms with Crippen LogP contribution in [0.1, 0.15) is 45.6 Å². The molecule has 11 heteroatoms. The Morgan fingerprint density at radius 2 is 1.64 bits per heavy atom. The molecule has 3 aromatic carbocycles. The van der Waals surface area contributed by atoms with Gasteiger partial charge in [0.2, 0.25) is 5.88 Å². The molecule has 1 aliphatic rings. The Balaban J connectivity index is 1.50. The van der Waals surface area contributed by atoms with E-state index in [1.54, 1.807) is 19.1 Å². The van der Waals surface area contributed by atoms with Crippen LogP contribution in [0.15, 0.2) is 75.9 Å². The third kappa shape index (κ3) is 5.22. The molecule has 0 saturated carbocycles. The Bertz CT molecular complexity index is 1730. The molecule has 0 bridgehead atoms. The minimum absolute atomic E-state index is 0.137. The van der Waals surface area contributed by atoms with Crippen LogP contribution in [0.4, 0.5) is 20.4 Å². The van der Waals surface area contributed by atoms with E-state index in [1.807, 2.05) is 42.2 Å². The number of alkyl halides is 2. The molecule has 0 aliphatic carbocycles. The first-order valence-corrected chi connectivity index (χ1v) is 13.7. The SMILES string of the molecule is Cc1cc([C@@H](C)Nc2ccccc2C(=O)NS(=O)(=O)C(F)F)c2oc(N3Cc4ccccc4C3)cc(=O)c2c1. The van der Waals surface area contributed by atoms with Gasteiger partial charge in [0.05, 0.1) is 17.0 Å². The van der Waals surface area contributed by atoms with Crippen LogP contribution in [0.3, 0.4) is 0 Å². The fraction of sp³-hybridized carbons (Fsp3) is 0.214. The average molecular weight is 554 g/mol. The van der Waals surface area contributed by atoms with Crippen molar-refractivity contribution >= 4 is 38.5 Å². The van der Waals surface area contributed by atoms with E-state index in [-0.39, 0.29) is 16.7 Å². The van der Waals surface area contributed by atoms with Crippen molar-refractivity contribution in [2.45, 2.75) is 38.7 Å². The van der Waals surface area contributed by atoms with E-state index >= 15 is 0 Å². The number of rotatable bonds is 7. The second-order valence-corrected chi connectivity index (χ2v) is 11.1. The molecule has 1 atom stereocenters. The third-order valence-electron chi connectivity index (χ3n) is 6.62. The molecule has 0 radical (unpaired) electrons. The van der Waals surface area contributed by atoms with Crippen LogP contribution in [0.2, 0.25) is 0 Å². The molecule has 202 valence electrons. The normalized spacial score (nSPS) is 13.9. The monoisotopic (exact) mass is 553 g/mol. The zero-order valence-electron chi connectivity index (χ0n) is 21.1. The molecule has 2 N–H and O–H groups in total. The maximum Gasteiger partial charge on any atom is 0.355 e. The van der Waals surface area contributed by atoms with Gasteiger partial charge in [-0.15, -0.1) is 0 Å². The van der Waals surface area contributed by atoms with Crippen molar-refractivity contribution in [3.8, 4) is 0 Å². The predicted octanol–water partition coefficient (Wildman–Crippen LogP) is 5.08. The van der Waals surface area contributed by atoms with Crippen LogP contribution in [-0.4, -0.2) is 20.1 Å². The molecule has 0 saturated heterocycles. The predicted molar refractivity (Wildman–Crippen MR) is 144 cm³/mol. The van der Waals surface area contributed by atoms with Crippen molar-refractivity contribution in [1.29, 1.82) is 0 Å². The summed E-state index contributed by atoms with van der Waals surface area (Å²) >= 11 is 0. The molecule has 4 aromatic rings. The number of fused-ring (bicyclic) bond motifs is 2. The first-order valence-electron chi connectivity index (χ1n) is 12.1. The number of benzene rings is 3. The van der Waals surface area contributed by atoms with Gasteiger partial charge in [-0.1, -0.05) is 42.5 Å². The van der Waals surface area contributed by atoms with Crippen molar-refractivity contribution in [2.75, 3.05) is 10.2 Å². The molecule has 5 rings (SSSR count). The number of para-hydroxylation sites is 1. The van der Waals surface area contributed by atoms with Gasteiger partial charge in [-0.05, 0) is 48.7 Å². The van der Waals surface area contributed by atoms with Crippen LogP contribution in [0.25, 0.3) is 11.0 Å². The summed E-state index contributed by atoms with van der Waals surface area (Å²) in [5.74, 6) is -4.51. The smallest absolute Gasteiger partial charge is 0.355 e. The van der Waals surface area contributed by atoms with Crippen LogP contribution < -0.4 is 20.4 Å². The lowest BCUT2D eigenvalue weighted by Gasteiger charge is -2.21. The lowest BCUT2D eigenvalue weighted by molar-refractivity contribution is 0.0977. The minimum Gasteiger partial charge on any atom is -0.440 e. The van der Waals surface area contributed by atoms with Gasteiger partial charge in [0.15, 0.2) is 5.43 Å². The molecule has 0 fully saturated rings. The maximum atomic E-state index is 13.2. The van der Waals surface area contributed by atoms with Gasteiger partial charge in [0.25, 0.3) is 15.9 Å². The number of halogens is 2. The minimum atomic E-state index is -5.13. The van der Waals surface area contributed by atoms with E-state index < -0.39 is 27.7 Å². The van der Waals surface area contributed by atoms with Gasteiger partial charge >= 0.3 is 5.76 Å². The Labute approximate surface area is 223 Å². The van der Waals surface area contributed by atoms with Crippen molar-refractivity contribution in [2.24, 2.45) is 0 Å². The summed E-state index contributed by atoms with van der Waals surface area (Å²) < 4.78 is 56.4. The number of nitrogens with zero attached hydrogens (tertiary/aromatic N) is 1. The van der Waals surface area contributed by atoms with E-state index in [0.717, 1.165) is 16.7 Å². The number of amides is 1. The van der Waals surface area contributed by atoms with Crippen LogP contribution in [-0.2, 0) is 23.1 Å². The lowest BCUT2D eigenvalue weighted by atomic mass is 10.0. The van der Waals surface area contributed by atoms with Gasteiger partial charge in [-0.2, -0.15) is 8.78 Å². The molecule has 0 spiro atoms. The quantitative estimate of drug-likeness (QED) is 0.329. The Morgan fingerprint density at radius 1 is 1.00 bits per heavy atom. The summed E-state index contributed by atoms with van der Waals surface area (Å²) in [4.78, 5) is 27.7. The first kappa shape index (κ1) is 26.4. The number of aryl methyl sites for hydroxylation is 1. The summed E-state index contributed by atoms with van der Waals surface area (Å²) in [6.45, 7) is 4.83. The summed E-state index contributed by atoms with van der Waals surface area (Å²) in [7, 11) is -5.13. The van der Waals surface area contributed by atoms with Crippen molar-refractivity contribution in [3.63, 3.8) is 0 Å². The molecular weight excluding hydrogens is 528 g/mol. The lowest BCUT2D eigenvalue weighted by Crippen LogP contribution is -2.35. The number of sulfonamides is 1. The van der Waals surface area contributed by atoms with E-state index in [2.05, 4.69) is 5.32 Å². The molecule has 1 aromatic heterocycles. The second-order valence-electron chi connectivity index (χ2n) is 9.45. The summed E-state index contributed by atoms with van der Waals surface area (Å²) in [6.07, 6.45) is 0. The standard InChI is InChI=1S/C28H25F2N3O5S/c1-16-11-21(17(2)31-23-10-6-5-9-20(23)27(35)32-39(36,37)28(29)30)26-22(12-16)24(34)13-25(38-26)33-14-18-7-3-4-8-19(18)15-33/h3-13,17,28,31H,14-15H2,1-2H3,(H,32,35)/t17-/m1/s1. The van der Waals surface area contributed by atoms with E-state index in [0.29, 0.717) is 35.5 Å². The fourth-order valence-corrected chi connectivity index (χ4v) is 5.19. The molecule has 2 heterocycles.